The maximum Gasteiger partial charge on any atom is 0.265 e. The summed E-state index contributed by atoms with van der Waals surface area (Å²) >= 11 is 5.90. The van der Waals surface area contributed by atoms with Crippen LogP contribution in [0.3, 0.4) is 0 Å². The van der Waals surface area contributed by atoms with E-state index in [1.54, 1.807) is 0 Å². The quantitative estimate of drug-likeness (QED) is 0.278. The fraction of sp³-hybridized carbons (Fsp3) is 0.0526. The number of phenolic OH excluding ortho intramolecular Hbond substituents is 2. The van der Waals surface area contributed by atoms with Crippen LogP contribution in [0, 0.1) is 11.6 Å². The summed E-state index contributed by atoms with van der Waals surface area (Å²) in [5.41, 5.74) is -1.54. The maximum absolute atomic E-state index is 14.2. The number of rotatable bonds is 7. The van der Waals surface area contributed by atoms with Gasteiger partial charge in [0, 0.05) is 8.95 Å². The summed E-state index contributed by atoms with van der Waals surface area (Å²) in [6.07, 6.45) is 0. The lowest BCUT2D eigenvalue weighted by atomic mass is 10.3. The second-order valence-corrected chi connectivity index (χ2v) is 11.8. The molecule has 9 nitrogen and oxygen atoms in total. The van der Waals surface area contributed by atoms with Crippen molar-refractivity contribution in [3.63, 3.8) is 0 Å². The Balaban J connectivity index is 2.07. The molecule has 0 spiro atoms. The summed E-state index contributed by atoms with van der Waals surface area (Å²) in [7, 11) is -8.20. The Kier molecular flexibility index (Phi) is 7.31. The van der Waals surface area contributed by atoms with Crippen molar-refractivity contribution >= 4 is 63.3 Å². The Bertz CT molecular complexity index is 1450. The lowest BCUT2D eigenvalue weighted by Gasteiger charge is -2.15. The Labute approximate surface area is 209 Å². The van der Waals surface area contributed by atoms with Gasteiger partial charge in [0.15, 0.2) is 11.6 Å². The van der Waals surface area contributed by atoms with Crippen molar-refractivity contribution in [1.82, 2.24) is 0 Å². The molecule has 4 N–H and O–H groups in total. The van der Waals surface area contributed by atoms with E-state index < -0.39 is 64.3 Å². The molecule has 182 valence electrons. The molecular formula is C19H14Br2F2N2O7S2. The Morgan fingerprint density at radius 3 is 1.71 bits per heavy atom. The van der Waals surface area contributed by atoms with Crippen LogP contribution in [0.25, 0.3) is 0 Å². The first-order valence-electron chi connectivity index (χ1n) is 8.85. The topological polar surface area (TPSA) is 142 Å². The number of hydrogen-bond donors (Lipinski definition) is 4. The molecule has 0 unspecified atom stereocenters. The highest BCUT2D eigenvalue weighted by Crippen LogP contribution is 2.36. The molecule has 3 aromatic rings. The molecule has 0 radical (unpaired) electrons. The SMILES string of the molecule is COc1ccc(S(=O)(=O)Nc2c(O)cc(Br)cc2F)cc1S(=O)(=O)Nc1c(O)cc(Br)cc1F. The van der Waals surface area contributed by atoms with Crippen molar-refractivity contribution in [3.05, 3.63) is 63.0 Å². The number of phenols is 2. The predicted octanol–water partition coefficient (Wildman–Crippen LogP) is 4.51. The molecule has 0 aliphatic carbocycles. The van der Waals surface area contributed by atoms with E-state index in [4.69, 9.17) is 4.74 Å². The molecule has 0 bridgehead atoms. The van der Waals surface area contributed by atoms with Gasteiger partial charge in [-0.2, -0.15) is 0 Å². The van der Waals surface area contributed by atoms with Crippen molar-refractivity contribution in [1.29, 1.82) is 0 Å². The summed E-state index contributed by atoms with van der Waals surface area (Å²) in [4.78, 5) is -1.36. The average Bonchev–Trinajstić information content (AvgIpc) is 2.73. The molecule has 0 fully saturated rings. The van der Waals surface area contributed by atoms with Crippen molar-refractivity contribution in [3.8, 4) is 17.2 Å². The van der Waals surface area contributed by atoms with Gasteiger partial charge in [0.25, 0.3) is 20.0 Å². The van der Waals surface area contributed by atoms with Crippen LogP contribution >= 0.6 is 31.9 Å². The molecule has 0 aromatic heterocycles. The fourth-order valence-corrected chi connectivity index (χ4v) is 6.04. The van der Waals surface area contributed by atoms with E-state index in [0.29, 0.717) is 6.07 Å². The van der Waals surface area contributed by atoms with Gasteiger partial charge in [0.1, 0.15) is 33.5 Å². The van der Waals surface area contributed by atoms with Crippen molar-refractivity contribution in [2.45, 2.75) is 9.79 Å². The van der Waals surface area contributed by atoms with Gasteiger partial charge in [-0.15, -0.1) is 0 Å². The number of halogens is 4. The highest BCUT2D eigenvalue weighted by molar-refractivity contribution is 9.10. The normalized spacial score (nSPS) is 11.8. The zero-order valence-corrected chi connectivity index (χ0v) is 21.6. The number of nitrogens with one attached hydrogen (secondary N) is 2. The molecule has 0 aliphatic heterocycles. The summed E-state index contributed by atoms with van der Waals surface area (Å²) in [6, 6.07) is 6.58. The molecule has 0 saturated carbocycles. The first-order chi connectivity index (χ1) is 15.7. The summed E-state index contributed by atoms with van der Waals surface area (Å²) in [5.74, 6) is -3.97. The van der Waals surface area contributed by atoms with E-state index in [2.05, 4.69) is 31.9 Å². The number of sulfonamides is 2. The molecule has 0 atom stereocenters. The minimum Gasteiger partial charge on any atom is -0.506 e. The third-order valence-electron chi connectivity index (χ3n) is 4.28. The Morgan fingerprint density at radius 2 is 1.26 bits per heavy atom. The van der Waals surface area contributed by atoms with E-state index in [9.17, 15) is 35.8 Å². The van der Waals surface area contributed by atoms with Gasteiger partial charge in [-0.1, -0.05) is 31.9 Å². The second-order valence-electron chi connectivity index (χ2n) is 6.59. The zero-order valence-electron chi connectivity index (χ0n) is 16.8. The smallest absolute Gasteiger partial charge is 0.265 e. The van der Waals surface area contributed by atoms with Gasteiger partial charge in [-0.05, 0) is 42.5 Å². The van der Waals surface area contributed by atoms with Gasteiger partial charge in [-0.3, -0.25) is 9.44 Å². The first-order valence-corrected chi connectivity index (χ1v) is 13.4. The van der Waals surface area contributed by atoms with Crippen molar-refractivity contribution in [2.75, 3.05) is 16.6 Å². The van der Waals surface area contributed by atoms with E-state index >= 15 is 0 Å². The molecule has 0 heterocycles. The minimum atomic E-state index is -4.70. The van der Waals surface area contributed by atoms with Gasteiger partial charge >= 0.3 is 0 Å². The van der Waals surface area contributed by atoms with E-state index in [1.165, 1.54) is 0 Å². The summed E-state index contributed by atoms with van der Waals surface area (Å²) < 4.78 is 88.9. The monoisotopic (exact) mass is 642 g/mol. The summed E-state index contributed by atoms with van der Waals surface area (Å²) in [5, 5.41) is 19.8. The molecule has 0 aliphatic rings. The van der Waals surface area contributed by atoms with Crippen LogP contribution in [0.5, 0.6) is 17.2 Å². The number of benzene rings is 3. The van der Waals surface area contributed by atoms with E-state index in [-0.39, 0.29) is 14.7 Å². The van der Waals surface area contributed by atoms with Crippen LogP contribution in [-0.4, -0.2) is 34.2 Å². The van der Waals surface area contributed by atoms with Crippen LogP contribution in [-0.2, 0) is 20.0 Å². The second kappa shape index (κ2) is 9.56. The lowest BCUT2D eigenvalue weighted by Crippen LogP contribution is -2.18. The van der Waals surface area contributed by atoms with Gasteiger partial charge < -0.3 is 14.9 Å². The van der Waals surface area contributed by atoms with E-state index in [0.717, 1.165) is 43.5 Å². The van der Waals surface area contributed by atoms with Crippen molar-refractivity contribution < 1.29 is 40.6 Å². The fourth-order valence-electron chi connectivity index (χ4n) is 2.74. The highest BCUT2D eigenvalue weighted by Gasteiger charge is 2.27. The molecule has 34 heavy (non-hydrogen) atoms. The maximum atomic E-state index is 14.2. The molecule has 0 saturated heterocycles. The minimum absolute atomic E-state index is 0.144. The lowest BCUT2D eigenvalue weighted by molar-refractivity contribution is 0.402. The number of aromatic hydroxyl groups is 2. The molecular weight excluding hydrogens is 630 g/mol. The third kappa shape index (κ3) is 5.37. The van der Waals surface area contributed by atoms with Crippen LogP contribution < -0.4 is 14.2 Å². The third-order valence-corrected chi connectivity index (χ3v) is 7.91. The average molecular weight is 644 g/mol. The Morgan fingerprint density at radius 1 is 0.794 bits per heavy atom. The largest absolute Gasteiger partial charge is 0.506 e. The van der Waals surface area contributed by atoms with Crippen LogP contribution in [0.2, 0.25) is 0 Å². The number of anilines is 2. The molecule has 3 rings (SSSR count). The van der Waals surface area contributed by atoms with Crippen LogP contribution in [0.4, 0.5) is 20.2 Å². The van der Waals surface area contributed by atoms with E-state index in [1.807, 2.05) is 9.44 Å². The highest BCUT2D eigenvalue weighted by atomic mass is 79.9. The standard InChI is InChI=1S/C19H14Br2F2N2O7S2/c1-32-16-3-2-11(33(28,29)24-18-12(22)4-9(20)6-14(18)26)8-17(16)34(30,31)25-19-13(23)5-10(21)7-15(19)27/h2-8,24-27H,1H3. The van der Waals surface area contributed by atoms with Crippen LogP contribution in [0.1, 0.15) is 0 Å². The van der Waals surface area contributed by atoms with Crippen molar-refractivity contribution in [2.24, 2.45) is 0 Å². The summed E-state index contributed by atoms with van der Waals surface area (Å²) in [6.45, 7) is 0. The number of ether oxygens (including phenoxy) is 1. The molecule has 15 heteroatoms. The zero-order chi connectivity index (χ0) is 25.4. The number of hydrogen-bond acceptors (Lipinski definition) is 7. The van der Waals surface area contributed by atoms with Crippen LogP contribution in [0.15, 0.2) is 61.2 Å². The Hall–Kier alpha value is -2.62. The first kappa shape index (κ1) is 26.0. The predicted molar refractivity (Wildman–Crippen MR) is 126 cm³/mol. The van der Waals surface area contributed by atoms with Gasteiger partial charge in [-0.25, -0.2) is 25.6 Å². The number of methoxy groups -OCH3 is 1. The molecule has 3 aromatic carbocycles. The van der Waals surface area contributed by atoms with Gasteiger partial charge in [0.05, 0.1) is 12.0 Å². The van der Waals surface area contributed by atoms with Gasteiger partial charge in [0.2, 0.25) is 0 Å². The molecule has 0 amide bonds.